The Morgan fingerprint density at radius 3 is 0.775 bits per heavy atom. The van der Waals surface area contributed by atoms with Gasteiger partial charge >= 0.3 is 23.9 Å². The maximum atomic E-state index is 12.6. The van der Waals surface area contributed by atoms with Gasteiger partial charge in [0.2, 0.25) is 0 Å². The van der Waals surface area contributed by atoms with E-state index in [0.717, 1.165) is 60.6 Å². The topological polar surface area (TPSA) is 320 Å². The van der Waals surface area contributed by atoms with Gasteiger partial charge in [0.05, 0.1) is 159 Å². The molecule has 0 amide bonds. The lowest BCUT2D eigenvalue weighted by Gasteiger charge is -2.33. The maximum Gasteiger partial charge on any atom is 0.311 e. The van der Waals surface area contributed by atoms with E-state index in [1.807, 2.05) is 85.2 Å². The number of hydrogen-bond donors (Lipinski definition) is 0. The highest BCUT2D eigenvalue weighted by Crippen LogP contribution is 2.23. The molecule has 596 valence electrons. The first-order chi connectivity index (χ1) is 54.4. The predicted molar refractivity (Wildman–Crippen MR) is 420 cm³/mol. The van der Waals surface area contributed by atoms with Gasteiger partial charge in [-0.15, -0.1) is 20.4 Å². The van der Waals surface area contributed by atoms with Crippen molar-refractivity contribution >= 4 is 55.3 Å². The van der Waals surface area contributed by atoms with Gasteiger partial charge in [0, 0.05) is 103 Å². The quantitative estimate of drug-likeness (QED) is 0.0228. The predicted octanol–water partition coefficient (Wildman–Crippen LogP) is 3.55. The SMILES string of the molecule is BCc1ccc(OC(=O)CCc2cn(CCCOCCOCCCOCC(COCCCOCCOCCCn3cc(CCC(=O)Oc4ccc(CB)cc4)nn3)(COCCOCCn3cc(CCC(=O)Oc4ccc(CB)cc4)nn3)COCCOCCn3cc(CCC(=O)Oc4ccc(CB)cc4)nn3)nn2)cc1. The van der Waals surface area contributed by atoms with Gasteiger partial charge in [0.1, 0.15) is 54.4 Å². The van der Waals surface area contributed by atoms with Crippen molar-refractivity contribution in [3.63, 3.8) is 0 Å². The normalized spacial score (nSPS) is 11.5. The van der Waals surface area contributed by atoms with E-state index in [2.05, 4.69) is 72.6 Å². The van der Waals surface area contributed by atoms with E-state index >= 15 is 0 Å². The van der Waals surface area contributed by atoms with Crippen LogP contribution in [-0.2, 0) is 144 Å². The minimum absolute atomic E-state index is 0.162. The molecule has 30 nitrogen and oxygen atoms in total. The molecule has 8 rings (SSSR count). The number of aromatic nitrogens is 12. The Labute approximate surface area is 653 Å². The average Bonchev–Trinajstić information content (AvgIpc) is 1.82. The molecule has 0 bridgehead atoms. The molecule has 4 heterocycles. The first-order valence-electron chi connectivity index (χ1n) is 38.9. The second kappa shape index (κ2) is 52.4. The van der Waals surface area contributed by atoms with Crippen LogP contribution in [0.25, 0.3) is 0 Å². The molecule has 0 saturated carbocycles. The number of rotatable bonds is 62. The minimum atomic E-state index is -0.747. The van der Waals surface area contributed by atoms with Crippen molar-refractivity contribution in [2.24, 2.45) is 5.41 Å². The van der Waals surface area contributed by atoms with E-state index < -0.39 is 5.41 Å². The molecule has 0 N–H and O–H groups in total. The molecule has 34 heteroatoms. The van der Waals surface area contributed by atoms with Gasteiger partial charge in [-0.3, -0.25) is 28.5 Å². The second-order valence-electron chi connectivity index (χ2n) is 26.6. The van der Waals surface area contributed by atoms with Crippen LogP contribution in [0.2, 0.25) is 0 Å². The highest BCUT2D eigenvalue weighted by molar-refractivity contribution is 6.09. The van der Waals surface area contributed by atoms with Gasteiger partial charge in [-0.05, 0) is 74.2 Å². The van der Waals surface area contributed by atoms with Crippen LogP contribution >= 0.6 is 0 Å². The third-order valence-electron chi connectivity index (χ3n) is 17.5. The number of nitrogens with zero attached hydrogens (tertiary/aromatic N) is 12. The second-order valence-corrected chi connectivity index (χ2v) is 26.6. The maximum absolute atomic E-state index is 12.6. The molecule has 0 radical (unpaired) electrons. The smallest absolute Gasteiger partial charge is 0.311 e. The fourth-order valence-corrected chi connectivity index (χ4v) is 11.1. The summed E-state index contributed by atoms with van der Waals surface area (Å²) in [5.41, 5.74) is 6.71. The van der Waals surface area contributed by atoms with Crippen LogP contribution < -0.4 is 18.9 Å². The van der Waals surface area contributed by atoms with Crippen molar-refractivity contribution < 1.29 is 85.5 Å². The molecule has 4 aromatic heterocycles. The van der Waals surface area contributed by atoms with Crippen LogP contribution in [0.3, 0.4) is 0 Å². The summed E-state index contributed by atoms with van der Waals surface area (Å²) in [5.74, 6) is 0.757. The highest BCUT2D eigenvalue weighted by atomic mass is 16.6. The molecule has 0 atom stereocenters. The van der Waals surface area contributed by atoms with E-state index in [0.29, 0.717) is 192 Å². The van der Waals surface area contributed by atoms with Crippen molar-refractivity contribution in [2.75, 3.05) is 132 Å². The van der Waals surface area contributed by atoms with E-state index in [9.17, 15) is 19.2 Å². The monoisotopic (exact) mass is 1530 g/mol. The summed E-state index contributed by atoms with van der Waals surface area (Å²) in [7, 11) is 8.30. The summed E-state index contributed by atoms with van der Waals surface area (Å²) in [5, 5.41) is 33.8. The van der Waals surface area contributed by atoms with Gasteiger partial charge < -0.3 is 66.3 Å². The first kappa shape index (κ1) is 87.8. The minimum Gasteiger partial charge on any atom is -0.427 e. The Hall–Kier alpha value is -8.82. The summed E-state index contributed by atoms with van der Waals surface area (Å²) < 4.78 is 89.9. The summed E-state index contributed by atoms with van der Waals surface area (Å²) in [6.07, 6.45) is 16.0. The summed E-state index contributed by atoms with van der Waals surface area (Å²) in [6.45, 7) is 9.34. The number of carbonyl (C=O) groups is 4. The zero-order chi connectivity index (χ0) is 78.0. The van der Waals surface area contributed by atoms with Crippen LogP contribution in [0.4, 0.5) is 0 Å². The summed E-state index contributed by atoms with van der Waals surface area (Å²) >= 11 is 0. The highest BCUT2D eigenvalue weighted by Gasteiger charge is 2.33. The van der Waals surface area contributed by atoms with Crippen LogP contribution in [-0.4, -0.2) is 247 Å². The third-order valence-corrected chi connectivity index (χ3v) is 17.5. The molecule has 8 aromatic rings. The largest absolute Gasteiger partial charge is 0.427 e. The van der Waals surface area contributed by atoms with Gasteiger partial charge in [0.15, 0.2) is 0 Å². The van der Waals surface area contributed by atoms with Crippen LogP contribution in [0.5, 0.6) is 23.0 Å². The molecule has 0 aliphatic carbocycles. The lowest BCUT2D eigenvalue weighted by molar-refractivity contribution is -0.135. The molecule has 0 unspecified atom stereocenters. The van der Waals surface area contributed by atoms with Crippen LogP contribution in [0, 0.1) is 5.41 Å². The van der Waals surface area contributed by atoms with Crippen LogP contribution in [0.15, 0.2) is 122 Å². The number of ether oxygens (including phenoxy) is 14. The summed E-state index contributed by atoms with van der Waals surface area (Å²) in [4.78, 5) is 50.0. The van der Waals surface area contributed by atoms with E-state index in [1.54, 1.807) is 55.4 Å². The van der Waals surface area contributed by atoms with Crippen molar-refractivity contribution in [1.29, 1.82) is 0 Å². The first-order valence-corrected chi connectivity index (χ1v) is 38.9. The number of carbonyl (C=O) groups excluding carboxylic acids is 4. The molecular formula is C77H108B4N12O18. The molecule has 4 aromatic carbocycles. The fraction of sp³-hybridized carbons (Fsp3) is 0.532. The lowest BCUT2D eigenvalue weighted by Crippen LogP contribution is -2.42. The van der Waals surface area contributed by atoms with Gasteiger partial charge in [-0.1, -0.05) is 117 Å². The molecule has 0 spiro atoms. The molecule has 0 aliphatic heterocycles. The Morgan fingerprint density at radius 2 is 0.505 bits per heavy atom. The molecular weight excluding hydrogens is 1420 g/mol. The number of esters is 4. The lowest BCUT2D eigenvalue weighted by atomic mass is 9.92. The zero-order valence-electron chi connectivity index (χ0n) is 65.0. The number of aryl methyl sites for hydroxylation is 6. The average molecular weight is 1530 g/mol. The van der Waals surface area contributed by atoms with Crippen molar-refractivity contribution in [1.82, 2.24) is 60.0 Å². The molecule has 0 fully saturated rings. The Morgan fingerprint density at radius 1 is 0.279 bits per heavy atom. The Kier molecular flexibility index (Phi) is 41.4. The van der Waals surface area contributed by atoms with Gasteiger partial charge in [0.25, 0.3) is 0 Å². The van der Waals surface area contributed by atoms with Gasteiger partial charge in [-0.25, -0.2) is 9.36 Å². The number of benzene rings is 4. The van der Waals surface area contributed by atoms with Crippen molar-refractivity contribution in [3.05, 3.63) is 167 Å². The van der Waals surface area contributed by atoms with E-state index in [-0.39, 0.29) is 89.2 Å². The Balaban J connectivity index is 0.757. The van der Waals surface area contributed by atoms with E-state index in [1.165, 1.54) is 11.1 Å². The number of hydrogen-bond acceptors (Lipinski definition) is 26. The van der Waals surface area contributed by atoms with Crippen LogP contribution in [0.1, 0.15) is 96.4 Å². The van der Waals surface area contributed by atoms with Crippen molar-refractivity contribution in [3.8, 4) is 23.0 Å². The fourth-order valence-electron chi connectivity index (χ4n) is 11.1. The molecule has 0 saturated heterocycles. The Bertz CT molecular complexity index is 3630. The summed E-state index contributed by atoms with van der Waals surface area (Å²) in [6, 6.07) is 30.0. The molecule has 111 heavy (non-hydrogen) atoms. The molecule has 0 aliphatic rings. The van der Waals surface area contributed by atoms with Gasteiger partial charge in [-0.2, -0.15) is 0 Å². The van der Waals surface area contributed by atoms with Crippen molar-refractivity contribution in [2.45, 2.75) is 129 Å². The third kappa shape index (κ3) is 36.5. The van der Waals surface area contributed by atoms with E-state index in [4.69, 9.17) is 66.3 Å². The standard InChI is InChI=1S/C77H108B4N12O18/c78-49-61-5-17-69(18-6-61)108-73(94)25-13-65-53-90(86-82-65)29-1-33-98-41-43-100-35-3-37-104-57-77(59-106-47-45-102-39-31-92-55-67(84-88-92)15-27-75(96)110-71-21-9-63(51-80)10-22-71,60-107-48-46-103-40-32-93-56-68(85-89-93)16-28-76(97)111-72-23-11-64(52-81)12-24-72)58-105-38-4-36-101-44-42-99-34-2-30-91-54-66(83-87-91)14-26-74(95)109-70-19-7-62(50-79)8-20-70/h5-12,17-24,53-56H,1-4,13-16,25-52,57-60,78-81H2. The zero-order valence-corrected chi connectivity index (χ0v) is 65.0.